The van der Waals surface area contributed by atoms with E-state index in [-0.39, 0.29) is 8.96 Å². The molecule has 0 fully saturated rings. The molecule has 10 heavy (non-hydrogen) atoms. The van der Waals surface area contributed by atoms with Crippen LogP contribution in [0.25, 0.3) is 0 Å². The smallest absolute Gasteiger partial charge is 0.0520 e. The van der Waals surface area contributed by atoms with Gasteiger partial charge < -0.3 is 0 Å². The first-order chi connectivity index (χ1) is 4.21. The molecule has 0 N–H and O–H groups in total. The van der Waals surface area contributed by atoms with Gasteiger partial charge in [-0.3, -0.25) is 4.99 Å². The van der Waals surface area contributed by atoms with Crippen molar-refractivity contribution >= 4 is 28.8 Å². The number of halogens is 1. The second-order valence-electron chi connectivity index (χ2n) is 3.99. The van der Waals surface area contributed by atoms with E-state index in [0.29, 0.717) is 0 Å². The average Bonchev–Trinajstić information content (AvgIpc) is 1.57. The van der Waals surface area contributed by atoms with E-state index >= 15 is 0 Å². The summed E-state index contributed by atoms with van der Waals surface area (Å²) in [4.78, 5) is 4.40. The van der Waals surface area contributed by atoms with Crippen LogP contribution in [0.1, 0.15) is 34.6 Å². The Balaban J connectivity index is 4.01. The highest BCUT2D eigenvalue weighted by Crippen LogP contribution is 2.15. The van der Waals surface area contributed by atoms with Crippen LogP contribution >= 0.6 is 22.6 Å². The van der Waals surface area contributed by atoms with Gasteiger partial charge in [-0.1, -0.05) is 22.6 Å². The lowest BCUT2D eigenvalue weighted by molar-refractivity contribution is 0.583. The minimum absolute atomic E-state index is 0.0719. The number of rotatable bonds is 1. The number of hydrogen-bond acceptors (Lipinski definition) is 1. The topological polar surface area (TPSA) is 12.4 Å². The Morgan fingerprint density at radius 2 is 1.50 bits per heavy atom. The van der Waals surface area contributed by atoms with Gasteiger partial charge in [-0.2, -0.15) is 0 Å². The quantitative estimate of drug-likeness (QED) is 0.387. The summed E-state index contributed by atoms with van der Waals surface area (Å²) in [6.07, 6.45) is 2.01. The summed E-state index contributed by atoms with van der Waals surface area (Å²) in [6.45, 7) is 10.6. The molecule has 0 aliphatic heterocycles. The molecular formula is C8H16IN. The zero-order valence-electron chi connectivity index (χ0n) is 7.40. The lowest BCUT2D eigenvalue weighted by atomic mass is 10.1. The van der Waals surface area contributed by atoms with Crippen LogP contribution in [0.5, 0.6) is 0 Å². The van der Waals surface area contributed by atoms with Crippen molar-refractivity contribution in [3.63, 3.8) is 0 Å². The van der Waals surface area contributed by atoms with Crippen LogP contribution in [0.4, 0.5) is 0 Å². The summed E-state index contributed by atoms with van der Waals surface area (Å²) < 4.78 is 0.186. The summed E-state index contributed by atoms with van der Waals surface area (Å²) in [5.74, 6) is 0. The Kier molecular flexibility index (Phi) is 3.33. The normalized spacial score (nSPS) is 14.6. The number of hydrogen-bond donors (Lipinski definition) is 0. The summed E-state index contributed by atoms with van der Waals surface area (Å²) in [5.41, 5.74) is 0.0719. The maximum Gasteiger partial charge on any atom is 0.0520 e. The Morgan fingerprint density at radius 1 is 1.10 bits per heavy atom. The monoisotopic (exact) mass is 253 g/mol. The third-order valence-corrected chi connectivity index (χ3v) is 1.04. The fourth-order valence-corrected chi connectivity index (χ4v) is 0.486. The molecule has 0 saturated heterocycles. The number of nitrogens with zero attached hydrogens (tertiary/aromatic N) is 1. The minimum Gasteiger partial charge on any atom is -0.290 e. The summed E-state index contributed by atoms with van der Waals surface area (Å²) in [5, 5.41) is 0. The van der Waals surface area contributed by atoms with Crippen LogP contribution in [0, 0.1) is 0 Å². The first-order valence-electron chi connectivity index (χ1n) is 3.46. The molecule has 0 rings (SSSR count). The van der Waals surface area contributed by atoms with Crippen LogP contribution < -0.4 is 0 Å². The van der Waals surface area contributed by atoms with Gasteiger partial charge in [-0.05, 0) is 34.6 Å². The largest absolute Gasteiger partial charge is 0.290 e. The SMILES string of the molecule is CC(C)(I)C=NC(C)(C)C. The maximum atomic E-state index is 4.40. The Labute approximate surface area is 77.5 Å². The lowest BCUT2D eigenvalue weighted by Gasteiger charge is -2.15. The highest BCUT2D eigenvalue weighted by Gasteiger charge is 2.11. The fourth-order valence-electron chi connectivity index (χ4n) is 0.347. The van der Waals surface area contributed by atoms with Gasteiger partial charge in [0, 0.05) is 6.21 Å². The zero-order chi connectivity index (χ0) is 8.41. The van der Waals surface area contributed by atoms with Crippen LogP contribution in [0.3, 0.4) is 0 Å². The predicted molar refractivity (Wildman–Crippen MR) is 56.3 cm³/mol. The van der Waals surface area contributed by atoms with E-state index in [1.54, 1.807) is 0 Å². The van der Waals surface area contributed by atoms with Gasteiger partial charge in [0.05, 0.1) is 8.96 Å². The van der Waals surface area contributed by atoms with Gasteiger partial charge in [-0.15, -0.1) is 0 Å². The molecule has 0 aromatic carbocycles. The van der Waals surface area contributed by atoms with E-state index < -0.39 is 0 Å². The Bertz CT molecular complexity index is 109. The molecule has 1 nitrogen and oxygen atoms in total. The van der Waals surface area contributed by atoms with Crippen LogP contribution in [-0.4, -0.2) is 15.2 Å². The Morgan fingerprint density at radius 3 is 1.60 bits per heavy atom. The van der Waals surface area contributed by atoms with E-state index in [1.807, 2.05) is 6.21 Å². The molecule has 0 saturated carbocycles. The van der Waals surface area contributed by atoms with Crippen LogP contribution in [0.15, 0.2) is 4.99 Å². The van der Waals surface area contributed by atoms with Gasteiger partial charge in [-0.25, -0.2) is 0 Å². The highest BCUT2D eigenvalue weighted by atomic mass is 127. The van der Waals surface area contributed by atoms with E-state index in [1.165, 1.54) is 0 Å². The van der Waals surface area contributed by atoms with E-state index in [9.17, 15) is 0 Å². The van der Waals surface area contributed by atoms with Gasteiger partial charge in [0.1, 0.15) is 0 Å². The van der Waals surface area contributed by atoms with Crippen molar-refractivity contribution in [2.75, 3.05) is 0 Å². The lowest BCUT2D eigenvalue weighted by Crippen LogP contribution is -2.17. The van der Waals surface area contributed by atoms with Crippen molar-refractivity contribution in [2.24, 2.45) is 4.99 Å². The number of alkyl halides is 1. The van der Waals surface area contributed by atoms with Gasteiger partial charge in [0.15, 0.2) is 0 Å². The molecule has 0 spiro atoms. The van der Waals surface area contributed by atoms with Crippen molar-refractivity contribution in [2.45, 2.75) is 43.6 Å². The second-order valence-corrected chi connectivity index (χ2v) is 6.77. The van der Waals surface area contributed by atoms with Gasteiger partial charge in [0.2, 0.25) is 0 Å². The third kappa shape index (κ3) is 8.40. The van der Waals surface area contributed by atoms with Crippen molar-refractivity contribution in [3.05, 3.63) is 0 Å². The zero-order valence-corrected chi connectivity index (χ0v) is 9.56. The molecule has 0 aliphatic carbocycles. The molecule has 0 bridgehead atoms. The van der Waals surface area contributed by atoms with Crippen LogP contribution in [0.2, 0.25) is 0 Å². The van der Waals surface area contributed by atoms with E-state index in [4.69, 9.17) is 0 Å². The molecule has 0 amide bonds. The van der Waals surface area contributed by atoms with E-state index in [2.05, 4.69) is 62.2 Å². The minimum atomic E-state index is 0.0719. The summed E-state index contributed by atoms with van der Waals surface area (Å²) in [6, 6.07) is 0. The van der Waals surface area contributed by atoms with Crippen molar-refractivity contribution in [1.82, 2.24) is 0 Å². The van der Waals surface area contributed by atoms with Crippen LogP contribution in [-0.2, 0) is 0 Å². The fraction of sp³-hybridized carbons (Fsp3) is 0.875. The first kappa shape index (κ1) is 10.4. The molecule has 0 unspecified atom stereocenters. The first-order valence-corrected chi connectivity index (χ1v) is 4.54. The van der Waals surface area contributed by atoms with E-state index in [0.717, 1.165) is 0 Å². The molecule has 60 valence electrons. The molecule has 0 aliphatic rings. The summed E-state index contributed by atoms with van der Waals surface area (Å²) in [7, 11) is 0. The highest BCUT2D eigenvalue weighted by molar-refractivity contribution is 14.1. The number of aliphatic imine (C=N–C) groups is 1. The molecule has 2 heteroatoms. The second kappa shape index (κ2) is 3.20. The molecule has 0 heterocycles. The molecule has 0 atom stereocenters. The average molecular weight is 253 g/mol. The van der Waals surface area contributed by atoms with Crippen molar-refractivity contribution in [1.29, 1.82) is 0 Å². The standard InChI is InChI=1S/C8H16IN/c1-7(2,3)10-6-8(4,5)9/h6H,1-5H3. The third-order valence-electron chi connectivity index (χ3n) is 0.759. The summed E-state index contributed by atoms with van der Waals surface area (Å²) >= 11 is 2.37. The van der Waals surface area contributed by atoms with Crippen molar-refractivity contribution in [3.8, 4) is 0 Å². The maximum absolute atomic E-state index is 4.40. The molecular weight excluding hydrogens is 237 g/mol. The molecule has 0 aromatic heterocycles. The molecule has 0 radical (unpaired) electrons. The van der Waals surface area contributed by atoms with Gasteiger partial charge in [0.25, 0.3) is 0 Å². The van der Waals surface area contributed by atoms with Crippen molar-refractivity contribution < 1.29 is 0 Å². The predicted octanol–water partition coefficient (Wildman–Crippen LogP) is 3.07. The van der Waals surface area contributed by atoms with Gasteiger partial charge >= 0.3 is 0 Å². The Hall–Kier alpha value is 0.400. The molecule has 0 aromatic rings.